The predicted molar refractivity (Wildman–Crippen MR) is 104 cm³/mol. The number of nitrogens with one attached hydrogen (secondary N) is 1. The van der Waals surface area contributed by atoms with Gasteiger partial charge in [0.2, 0.25) is 5.89 Å². The molecule has 0 bridgehead atoms. The summed E-state index contributed by atoms with van der Waals surface area (Å²) in [6.45, 7) is 4.83. The van der Waals surface area contributed by atoms with Crippen LogP contribution in [0.2, 0.25) is 0 Å². The van der Waals surface area contributed by atoms with Gasteiger partial charge in [0, 0.05) is 10.0 Å². The molecule has 1 amide bonds. The van der Waals surface area contributed by atoms with E-state index in [4.69, 9.17) is 13.9 Å². The second-order valence-electron chi connectivity index (χ2n) is 5.37. The number of rotatable bonds is 7. The van der Waals surface area contributed by atoms with Gasteiger partial charge in [-0.3, -0.25) is 10.1 Å². The molecule has 8 heteroatoms. The van der Waals surface area contributed by atoms with Gasteiger partial charge in [0.25, 0.3) is 5.91 Å². The van der Waals surface area contributed by atoms with E-state index in [0.29, 0.717) is 40.3 Å². The van der Waals surface area contributed by atoms with Crippen molar-refractivity contribution in [3.63, 3.8) is 0 Å². The van der Waals surface area contributed by atoms with Gasteiger partial charge in [-0.25, -0.2) is 0 Å². The molecule has 0 fully saturated rings. The highest BCUT2D eigenvalue weighted by Gasteiger charge is 2.16. The van der Waals surface area contributed by atoms with Crippen molar-refractivity contribution in [3.05, 3.63) is 52.5 Å². The topological polar surface area (TPSA) is 86.5 Å². The van der Waals surface area contributed by atoms with E-state index in [-0.39, 0.29) is 17.8 Å². The second kappa shape index (κ2) is 8.68. The number of nitrogens with zero attached hydrogens (tertiary/aromatic N) is 2. The number of aromatic nitrogens is 2. The predicted octanol–water partition coefficient (Wildman–Crippen LogP) is 4.55. The quantitative estimate of drug-likeness (QED) is 0.590. The summed E-state index contributed by atoms with van der Waals surface area (Å²) in [5.41, 5.74) is 1.13. The SMILES string of the molecule is CCOc1ccc(-c2nnc(NC(=O)c3ccccc3Br)o2)cc1OCC. The number of ether oxygens (including phenoxy) is 2. The number of carbonyl (C=O) groups is 1. The fourth-order valence-corrected chi connectivity index (χ4v) is 2.85. The molecule has 140 valence electrons. The van der Waals surface area contributed by atoms with Gasteiger partial charge < -0.3 is 13.9 Å². The van der Waals surface area contributed by atoms with E-state index < -0.39 is 0 Å². The lowest BCUT2D eigenvalue weighted by Crippen LogP contribution is -2.12. The van der Waals surface area contributed by atoms with E-state index in [2.05, 4.69) is 31.4 Å². The van der Waals surface area contributed by atoms with Crippen LogP contribution in [0, 0.1) is 0 Å². The van der Waals surface area contributed by atoms with Crippen LogP contribution < -0.4 is 14.8 Å². The Labute approximate surface area is 164 Å². The normalized spacial score (nSPS) is 10.5. The van der Waals surface area contributed by atoms with E-state index in [1.165, 1.54) is 0 Å². The molecule has 1 heterocycles. The zero-order valence-electron chi connectivity index (χ0n) is 14.9. The maximum Gasteiger partial charge on any atom is 0.322 e. The molecular weight excluding hydrogens is 414 g/mol. The highest BCUT2D eigenvalue weighted by atomic mass is 79.9. The molecule has 0 aliphatic rings. The van der Waals surface area contributed by atoms with E-state index in [0.717, 1.165) is 0 Å². The molecule has 0 unspecified atom stereocenters. The summed E-state index contributed by atoms with van der Waals surface area (Å²) in [5.74, 6) is 1.15. The standard InChI is InChI=1S/C19H18BrN3O4/c1-3-25-15-10-9-12(11-16(15)26-4-2)18-22-23-19(27-18)21-17(24)13-7-5-6-8-14(13)20/h5-11H,3-4H2,1-2H3,(H,21,23,24). The van der Waals surface area contributed by atoms with Gasteiger partial charge in [0.05, 0.1) is 18.8 Å². The summed E-state index contributed by atoms with van der Waals surface area (Å²) in [5, 5.41) is 10.5. The van der Waals surface area contributed by atoms with Crippen molar-refractivity contribution in [2.45, 2.75) is 13.8 Å². The van der Waals surface area contributed by atoms with Crippen molar-refractivity contribution in [3.8, 4) is 23.0 Å². The van der Waals surface area contributed by atoms with Gasteiger partial charge in [-0.15, -0.1) is 5.10 Å². The van der Waals surface area contributed by atoms with E-state index in [9.17, 15) is 4.79 Å². The molecule has 0 saturated carbocycles. The van der Waals surface area contributed by atoms with E-state index >= 15 is 0 Å². The van der Waals surface area contributed by atoms with Gasteiger partial charge in [-0.1, -0.05) is 17.2 Å². The van der Waals surface area contributed by atoms with Crippen LogP contribution in [0.5, 0.6) is 11.5 Å². The van der Waals surface area contributed by atoms with Crippen LogP contribution in [0.4, 0.5) is 6.01 Å². The smallest absolute Gasteiger partial charge is 0.322 e. The minimum absolute atomic E-state index is 0.0117. The number of amides is 1. The van der Waals surface area contributed by atoms with Crippen molar-refractivity contribution in [1.29, 1.82) is 0 Å². The van der Waals surface area contributed by atoms with Crippen LogP contribution in [0.25, 0.3) is 11.5 Å². The Kier molecular flexibility index (Phi) is 6.08. The third-order valence-electron chi connectivity index (χ3n) is 3.55. The van der Waals surface area contributed by atoms with Crippen LogP contribution in [0.3, 0.4) is 0 Å². The molecule has 0 saturated heterocycles. The Balaban J connectivity index is 1.80. The molecule has 0 aliphatic carbocycles. The minimum Gasteiger partial charge on any atom is -0.490 e. The molecule has 3 rings (SSSR count). The number of halogens is 1. The van der Waals surface area contributed by atoms with Gasteiger partial charge in [-0.2, -0.15) is 0 Å². The Morgan fingerprint density at radius 2 is 1.81 bits per heavy atom. The van der Waals surface area contributed by atoms with Crippen LogP contribution in [0.15, 0.2) is 51.4 Å². The van der Waals surface area contributed by atoms with Crippen LogP contribution in [-0.4, -0.2) is 29.3 Å². The molecule has 1 aromatic heterocycles. The Bertz CT molecular complexity index is 942. The first kappa shape index (κ1) is 18.9. The Hall–Kier alpha value is -2.87. The largest absolute Gasteiger partial charge is 0.490 e. The molecule has 3 aromatic rings. The Morgan fingerprint density at radius 3 is 2.56 bits per heavy atom. The number of hydrogen-bond donors (Lipinski definition) is 1. The monoisotopic (exact) mass is 431 g/mol. The molecule has 0 spiro atoms. The Morgan fingerprint density at radius 1 is 1.07 bits per heavy atom. The molecule has 27 heavy (non-hydrogen) atoms. The number of anilines is 1. The van der Waals surface area contributed by atoms with Gasteiger partial charge in [-0.05, 0) is 60.1 Å². The fourth-order valence-electron chi connectivity index (χ4n) is 2.38. The van der Waals surface area contributed by atoms with Crippen molar-refractivity contribution < 1.29 is 18.7 Å². The molecule has 2 aromatic carbocycles. The molecule has 0 radical (unpaired) electrons. The average molecular weight is 432 g/mol. The van der Waals surface area contributed by atoms with Crippen molar-refractivity contribution in [2.75, 3.05) is 18.5 Å². The van der Waals surface area contributed by atoms with Crippen molar-refractivity contribution in [1.82, 2.24) is 10.2 Å². The summed E-state index contributed by atoms with van der Waals surface area (Å²) < 4.78 is 17.4. The van der Waals surface area contributed by atoms with Gasteiger partial charge in [0.15, 0.2) is 11.5 Å². The lowest BCUT2D eigenvalue weighted by molar-refractivity contribution is 0.102. The molecule has 0 atom stereocenters. The number of hydrogen-bond acceptors (Lipinski definition) is 6. The zero-order chi connectivity index (χ0) is 19.2. The van der Waals surface area contributed by atoms with Crippen LogP contribution in [-0.2, 0) is 0 Å². The van der Waals surface area contributed by atoms with Crippen molar-refractivity contribution in [2.24, 2.45) is 0 Å². The second-order valence-corrected chi connectivity index (χ2v) is 6.23. The summed E-state index contributed by atoms with van der Waals surface area (Å²) in [6, 6.07) is 12.4. The van der Waals surface area contributed by atoms with Gasteiger partial charge in [0.1, 0.15) is 0 Å². The molecule has 0 aliphatic heterocycles. The maximum atomic E-state index is 12.3. The van der Waals surface area contributed by atoms with E-state index in [1.54, 1.807) is 36.4 Å². The highest BCUT2D eigenvalue weighted by Crippen LogP contribution is 2.33. The lowest BCUT2D eigenvalue weighted by Gasteiger charge is -2.11. The molecule has 7 nitrogen and oxygen atoms in total. The minimum atomic E-state index is -0.348. The summed E-state index contributed by atoms with van der Waals surface area (Å²) in [4.78, 5) is 12.3. The first-order valence-corrected chi connectivity index (χ1v) is 9.21. The number of carbonyl (C=O) groups excluding carboxylic acids is 1. The fraction of sp³-hybridized carbons (Fsp3) is 0.211. The zero-order valence-corrected chi connectivity index (χ0v) is 16.4. The molecule has 1 N–H and O–H groups in total. The average Bonchev–Trinajstić information content (AvgIpc) is 3.12. The van der Waals surface area contributed by atoms with Crippen molar-refractivity contribution >= 4 is 27.9 Å². The maximum absolute atomic E-state index is 12.3. The first-order chi connectivity index (χ1) is 13.1. The summed E-state index contributed by atoms with van der Waals surface area (Å²) in [6.07, 6.45) is 0. The summed E-state index contributed by atoms with van der Waals surface area (Å²) >= 11 is 3.34. The summed E-state index contributed by atoms with van der Waals surface area (Å²) in [7, 11) is 0. The van der Waals surface area contributed by atoms with E-state index in [1.807, 2.05) is 19.9 Å². The highest BCUT2D eigenvalue weighted by molar-refractivity contribution is 9.10. The third kappa shape index (κ3) is 4.46. The van der Waals surface area contributed by atoms with Gasteiger partial charge >= 0.3 is 6.01 Å². The molecular formula is C19H18BrN3O4. The first-order valence-electron chi connectivity index (χ1n) is 8.41. The lowest BCUT2D eigenvalue weighted by atomic mass is 10.2. The van der Waals surface area contributed by atoms with Crippen LogP contribution >= 0.6 is 15.9 Å². The third-order valence-corrected chi connectivity index (χ3v) is 4.25. The van der Waals surface area contributed by atoms with Crippen LogP contribution in [0.1, 0.15) is 24.2 Å². The number of benzene rings is 2.